The molecule has 2 aliphatic heterocycles. The van der Waals surface area contributed by atoms with Gasteiger partial charge in [0, 0.05) is 38.3 Å². The van der Waals surface area contributed by atoms with Crippen LogP contribution in [0.5, 0.6) is 0 Å². The van der Waals surface area contributed by atoms with Crippen LogP contribution in [0, 0.1) is 0 Å². The maximum Gasteiger partial charge on any atom is 0.254 e. The number of tetrazole rings is 1. The third-order valence-corrected chi connectivity index (χ3v) is 5.14. The second-order valence-corrected chi connectivity index (χ2v) is 6.96. The summed E-state index contributed by atoms with van der Waals surface area (Å²) in [7, 11) is 0. The van der Waals surface area contributed by atoms with Crippen LogP contribution in [0.4, 0.5) is 0 Å². The summed E-state index contributed by atoms with van der Waals surface area (Å²) < 4.78 is 1.62. The van der Waals surface area contributed by atoms with Crippen LogP contribution in [0.1, 0.15) is 28.8 Å². The van der Waals surface area contributed by atoms with Crippen LogP contribution in [-0.4, -0.2) is 80.6 Å². The predicted octanol–water partition coefficient (Wildman–Crippen LogP) is -0.242. The Labute approximate surface area is 157 Å². The van der Waals surface area contributed by atoms with Crippen molar-refractivity contribution in [2.75, 3.05) is 32.7 Å². The van der Waals surface area contributed by atoms with Crippen LogP contribution in [0.3, 0.4) is 0 Å². The molecule has 9 nitrogen and oxygen atoms in total. The molecule has 0 saturated carbocycles. The summed E-state index contributed by atoms with van der Waals surface area (Å²) in [6.07, 6.45) is 3.64. The van der Waals surface area contributed by atoms with Gasteiger partial charge in [-0.05, 0) is 41.0 Å². The Morgan fingerprint density at radius 2 is 1.89 bits per heavy atom. The second-order valence-electron chi connectivity index (χ2n) is 6.96. The van der Waals surface area contributed by atoms with Gasteiger partial charge in [-0.1, -0.05) is 12.1 Å². The first-order chi connectivity index (χ1) is 13.2. The zero-order chi connectivity index (χ0) is 18.6. The molecule has 1 aromatic heterocycles. The maximum absolute atomic E-state index is 13.0. The van der Waals surface area contributed by atoms with Gasteiger partial charge in [0.15, 0.2) is 0 Å². The van der Waals surface area contributed by atoms with E-state index in [4.69, 9.17) is 0 Å². The molecule has 1 atom stereocenters. The molecule has 27 heavy (non-hydrogen) atoms. The number of benzene rings is 1. The molecule has 2 amide bonds. The van der Waals surface area contributed by atoms with Gasteiger partial charge in [-0.3, -0.25) is 9.59 Å². The minimum absolute atomic E-state index is 0.0587. The first kappa shape index (κ1) is 17.6. The lowest BCUT2D eigenvalue weighted by Gasteiger charge is -2.37. The van der Waals surface area contributed by atoms with Crippen molar-refractivity contribution in [3.8, 4) is 0 Å². The van der Waals surface area contributed by atoms with Crippen LogP contribution in [0.25, 0.3) is 0 Å². The lowest BCUT2D eigenvalue weighted by molar-refractivity contribution is -0.135. The molecule has 2 saturated heterocycles. The summed E-state index contributed by atoms with van der Waals surface area (Å²) in [5.41, 5.74) is 1.60. The summed E-state index contributed by atoms with van der Waals surface area (Å²) in [5.74, 6) is -0.0358. The smallest absolute Gasteiger partial charge is 0.254 e. The highest BCUT2D eigenvalue weighted by atomic mass is 16.2. The number of rotatable bonds is 4. The summed E-state index contributed by atoms with van der Waals surface area (Å²) >= 11 is 0. The van der Waals surface area contributed by atoms with Crippen molar-refractivity contribution >= 4 is 11.8 Å². The highest BCUT2D eigenvalue weighted by Gasteiger charge is 2.35. The zero-order valence-electron chi connectivity index (χ0n) is 15.1. The van der Waals surface area contributed by atoms with E-state index < -0.39 is 6.04 Å². The number of amides is 2. The minimum atomic E-state index is -0.426. The average Bonchev–Trinajstić information content (AvgIpc) is 3.42. The summed E-state index contributed by atoms with van der Waals surface area (Å²) in [6.45, 7) is 3.89. The third-order valence-electron chi connectivity index (χ3n) is 5.14. The minimum Gasteiger partial charge on any atom is -0.341 e. The Balaban J connectivity index is 1.47. The standard InChI is InChI=1S/C18H23N7O2/c26-17(15-5-3-14(4-6-15)12-24-13-20-21-22-24)25-10-7-19-11-16(25)18(27)23-8-1-2-9-23/h3-6,13,16,19H,1-2,7-12H2/t16-/m0/s1. The summed E-state index contributed by atoms with van der Waals surface area (Å²) in [5, 5.41) is 14.3. The van der Waals surface area contributed by atoms with E-state index in [0.29, 0.717) is 31.7 Å². The monoisotopic (exact) mass is 369 g/mol. The number of aromatic nitrogens is 4. The lowest BCUT2D eigenvalue weighted by atomic mass is 10.1. The van der Waals surface area contributed by atoms with Crippen molar-refractivity contribution in [3.63, 3.8) is 0 Å². The van der Waals surface area contributed by atoms with Gasteiger partial charge in [-0.2, -0.15) is 0 Å². The van der Waals surface area contributed by atoms with Crippen molar-refractivity contribution in [2.24, 2.45) is 0 Å². The van der Waals surface area contributed by atoms with E-state index in [9.17, 15) is 9.59 Å². The number of likely N-dealkylation sites (tertiary alicyclic amines) is 1. The van der Waals surface area contributed by atoms with Crippen molar-refractivity contribution < 1.29 is 9.59 Å². The van der Waals surface area contributed by atoms with E-state index >= 15 is 0 Å². The Kier molecular flexibility index (Phi) is 5.10. The summed E-state index contributed by atoms with van der Waals surface area (Å²) in [6, 6.07) is 6.98. The van der Waals surface area contributed by atoms with Crippen molar-refractivity contribution in [1.29, 1.82) is 0 Å². The average molecular weight is 369 g/mol. The Bertz CT molecular complexity index is 785. The fraction of sp³-hybridized carbons (Fsp3) is 0.500. The maximum atomic E-state index is 13.0. The first-order valence-electron chi connectivity index (χ1n) is 9.32. The van der Waals surface area contributed by atoms with Gasteiger partial charge >= 0.3 is 0 Å². The van der Waals surface area contributed by atoms with Crippen LogP contribution in [-0.2, 0) is 11.3 Å². The topological polar surface area (TPSA) is 96.2 Å². The molecule has 2 aliphatic rings. The van der Waals surface area contributed by atoms with E-state index in [1.165, 1.54) is 0 Å². The molecular formula is C18H23N7O2. The Morgan fingerprint density at radius 3 is 2.59 bits per heavy atom. The predicted molar refractivity (Wildman–Crippen MR) is 96.9 cm³/mol. The highest BCUT2D eigenvalue weighted by molar-refractivity contribution is 5.98. The van der Waals surface area contributed by atoms with Crippen molar-refractivity contribution in [2.45, 2.75) is 25.4 Å². The molecule has 0 spiro atoms. The number of carbonyl (C=O) groups excluding carboxylic acids is 2. The number of carbonyl (C=O) groups is 2. The fourth-order valence-electron chi connectivity index (χ4n) is 3.67. The number of nitrogens with zero attached hydrogens (tertiary/aromatic N) is 6. The van der Waals surface area contributed by atoms with E-state index in [1.54, 1.807) is 28.0 Å². The SMILES string of the molecule is O=C([C@@H]1CNCCN1C(=O)c1ccc(Cn2cnnn2)cc1)N1CCCC1. The van der Waals surface area contributed by atoms with Crippen LogP contribution in [0.15, 0.2) is 30.6 Å². The van der Waals surface area contributed by atoms with Crippen LogP contribution >= 0.6 is 0 Å². The number of piperazine rings is 1. The lowest BCUT2D eigenvalue weighted by Crippen LogP contribution is -2.59. The molecule has 142 valence electrons. The van der Waals surface area contributed by atoms with Gasteiger partial charge in [-0.15, -0.1) is 5.10 Å². The van der Waals surface area contributed by atoms with Gasteiger partial charge in [0.05, 0.1) is 6.54 Å². The van der Waals surface area contributed by atoms with Gasteiger partial charge < -0.3 is 15.1 Å². The normalized spacial score (nSPS) is 20.1. The number of hydrogen-bond donors (Lipinski definition) is 1. The molecule has 1 aromatic carbocycles. The van der Waals surface area contributed by atoms with Gasteiger partial charge in [-0.25, -0.2) is 4.68 Å². The Hall–Kier alpha value is -2.81. The molecule has 0 aliphatic carbocycles. The van der Waals surface area contributed by atoms with Crippen LogP contribution < -0.4 is 5.32 Å². The van der Waals surface area contributed by atoms with E-state index in [-0.39, 0.29) is 11.8 Å². The molecule has 2 aromatic rings. The molecular weight excluding hydrogens is 346 g/mol. The molecule has 9 heteroatoms. The highest BCUT2D eigenvalue weighted by Crippen LogP contribution is 2.17. The molecule has 3 heterocycles. The molecule has 2 fully saturated rings. The van der Waals surface area contributed by atoms with Crippen molar-refractivity contribution in [3.05, 3.63) is 41.7 Å². The van der Waals surface area contributed by atoms with Crippen molar-refractivity contribution in [1.82, 2.24) is 35.3 Å². The summed E-state index contributed by atoms with van der Waals surface area (Å²) in [4.78, 5) is 29.5. The molecule has 0 radical (unpaired) electrons. The number of hydrogen-bond acceptors (Lipinski definition) is 6. The van der Waals surface area contributed by atoms with Gasteiger partial charge in [0.1, 0.15) is 12.4 Å². The van der Waals surface area contributed by atoms with E-state index in [0.717, 1.165) is 31.5 Å². The van der Waals surface area contributed by atoms with Gasteiger partial charge in [0.25, 0.3) is 5.91 Å². The largest absolute Gasteiger partial charge is 0.341 e. The fourth-order valence-corrected chi connectivity index (χ4v) is 3.67. The molecule has 0 unspecified atom stereocenters. The van der Waals surface area contributed by atoms with E-state index in [1.807, 2.05) is 17.0 Å². The first-order valence-corrected chi connectivity index (χ1v) is 9.32. The molecule has 1 N–H and O–H groups in total. The third kappa shape index (κ3) is 3.82. The zero-order valence-corrected chi connectivity index (χ0v) is 15.1. The van der Waals surface area contributed by atoms with Gasteiger partial charge in [0.2, 0.25) is 5.91 Å². The van der Waals surface area contributed by atoms with E-state index in [2.05, 4.69) is 20.8 Å². The molecule has 0 bridgehead atoms. The van der Waals surface area contributed by atoms with Crippen LogP contribution in [0.2, 0.25) is 0 Å². The Morgan fingerprint density at radius 1 is 1.11 bits per heavy atom. The quantitative estimate of drug-likeness (QED) is 0.799. The second kappa shape index (κ2) is 7.83. The molecule has 4 rings (SSSR count). The number of nitrogens with one attached hydrogen (secondary N) is 1.